The molecule has 100 valence electrons. The van der Waals surface area contributed by atoms with E-state index in [9.17, 15) is 9.90 Å². The summed E-state index contributed by atoms with van der Waals surface area (Å²) in [7, 11) is 0. The first-order valence-electron chi connectivity index (χ1n) is 6.78. The molecule has 1 fully saturated rings. The second-order valence-corrected chi connectivity index (χ2v) is 5.27. The predicted octanol–water partition coefficient (Wildman–Crippen LogP) is 2.20. The van der Waals surface area contributed by atoms with Gasteiger partial charge in [-0.05, 0) is 49.3 Å². The van der Waals surface area contributed by atoms with Gasteiger partial charge in [-0.15, -0.1) is 0 Å². The van der Waals surface area contributed by atoms with Crippen molar-refractivity contribution in [3.05, 3.63) is 36.0 Å². The van der Waals surface area contributed by atoms with Crippen molar-refractivity contribution in [1.29, 1.82) is 0 Å². The quantitative estimate of drug-likeness (QED) is 0.773. The zero-order chi connectivity index (χ0) is 13.2. The molecule has 1 aromatic carbocycles. The highest BCUT2D eigenvalue weighted by Crippen LogP contribution is 2.19. The van der Waals surface area contributed by atoms with Crippen molar-refractivity contribution in [3.63, 3.8) is 0 Å². The highest BCUT2D eigenvalue weighted by molar-refractivity contribution is 5.98. The number of benzene rings is 1. The normalized spacial score (nSPS) is 23.4. The van der Waals surface area contributed by atoms with E-state index >= 15 is 0 Å². The van der Waals surface area contributed by atoms with E-state index in [0.29, 0.717) is 12.0 Å². The molecule has 19 heavy (non-hydrogen) atoms. The lowest BCUT2D eigenvalue weighted by Gasteiger charge is -2.26. The molecule has 2 unspecified atom stereocenters. The number of H-pyrrole nitrogens is 1. The third kappa shape index (κ3) is 2.63. The number of rotatable bonds is 2. The van der Waals surface area contributed by atoms with E-state index < -0.39 is 0 Å². The maximum Gasteiger partial charge on any atom is 0.251 e. The Balaban J connectivity index is 1.72. The fourth-order valence-corrected chi connectivity index (χ4v) is 2.75. The number of aliphatic hydroxyl groups excluding tert-OH is 1. The van der Waals surface area contributed by atoms with Crippen LogP contribution < -0.4 is 5.32 Å². The predicted molar refractivity (Wildman–Crippen MR) is 74.0 cm³/mol. The standard InChI is InChI=1S/C15H18N2O2/c18-13-3-1-2-12(9-13)17-15(19)11-5-4-10-6-7-16-14(10)8-11/h4-8,12-13,16,18H,1-3,9H2,(H,17,19). The third-order valence-electron chi connectivity index (χ3n) is 3.80. The van der Waals surface area contributed by atoms with Gasteiger partial charge in [-0.2, -0.15) is 0 Å². The largest absolute Gasteiger partial charge is 0.393 e. The maximum atomic E-state index is 12.2. The van der Waals surface area contributed by atoms with Crippen molar-refractivity contribution in [3.8, 4) is 0 Å². The summed E-state index contributed by atoms with van der Waals surface area (Å²) in [6.45, 7) is 0. The summed E-state index contributed by atoms with van der Waals surface area (Å²) in [5, 5.41) is 13.7. The van der Waals surface area contributed by atoms with E-state index in [-0.39, 0.29) is 18.1 Å². The van der Waals surface area contributed by atoms with Crippen LogP contribution in [0.1, 0.15) is 36.0 Å². The topological polar surface area (TPSA) is 65.1 Å². The van der Waals surface area contributed by atoms with Crippen LogP contribution in [0.2, 0.25) is 0 Å². The van der Waals surface area contributed by atoms with Gasteiger partial charge in [0.25, 0.3) is 5.91 Å². The van der Waals surface area contributed by atoms with Gasteiger partial charge in [0.2, 0.25) is 0 Å². The first-order chi connectivity index (χ1) is 9.22. The SMILES string of the molecule is O=C(NC1CCCC(O)C1)c1ccc2cc[nH]c2c1. The van der Waals surface area contributed by atoms with E-state index in [0.717, 1.165) is 30.2 Å². The number of hydrogen-bond acceptors (Lipinski definition) is 2. The highest BCUT2D eigenvalue weighted by Gasteiger charge is 2.22. The van der Waals surface area contributed by atoms with Crippen LogP contribution in [0.4, 0.5) is 0 Å². The van der Waals surface area contributed by atoms with Crippen molar-refractivity contribution >= 4 is 16.8 Å². The Hall–Kier alpha value is -1.81. The number of hydrogen-bond donors (Lipinski definition) is 3. The first kappa shape index (κ1) is 12.2. The molecule has 3 N–H and O–H groups in total. The van der Waals surface area contributed by atoms with Crippen LogP contribution in [0.3, 0.4) is 0 Å². The lowest BCUT2D eigenvalue weighted by Crippen LogP contribution is -2.39. The summed E-state index contributed by atoms with van der Waals surface area (Å²) in [5.41, 5.74) is 1.63. The average molecular weight is 258 g/mol. The molecule has 1 aromatic heterocycles. The Labute approximate surface area is 111 Å². The number of aromatic nitrogens is 1. The molecule has 3 rings (SSSR count). The molecule has 2 atom stereocenters. The van der Waals surface area contributed by atoms with Crippen molar-refractivity contribution < 1.29 is 9.90 Å². The van der Waals surface area contributed by atoms with Gasteiger partial charge < -0.3 is 15.4 Å². The maximum absolute atomic E-state index is 12.2. The zero-order valence-corrected chi connectivity index (χ0v) is 10.7. The van der Waals surface area contributed by atoms with E-state index in [4.69, 9.17) is 0 Å². The van der Waals surface area contributed by atoms with Crippen LogP contribution in [0.15, 0.2) is 30.5 Å². The molecule has 1 aliphatic rings. The molecule has 4 nitrogen and oxygen atoms in total. The van der Waals surface area contributed by atoms with Gasteiger partial charge in [0.15, 0.2) is 0 Å². The summed E-state index contributed by atoms with van der Waals surface area (Å²) in [6, 6.07) is 7.72. The van der Waals surface area contributed by atoms with Crippen LogP contribution in [0.25, 0.3) is 10.9 Å². The highest BCUT2D eigenvalue weighted by atomic mass is 16.3. The fourth-order valence-electron chi connectivity index (χ4n) is 2.75. The molecule has 0 saturated heterocycles. The van der Waals surface area contributed by atoms with Crippen LogP contribution >= 0.6 is 0 Å². The van der Waals surface area contributed by atoms with Crippen molar-refractivity contribution in [2.24, 2.45) is 0 Å². The van der Waals surface area contributed by atoms with E-state index in [2.05, 4.69) is 10.3 Å². The van der Waals surface area contributed by atoms with E-state index in [1.165, 1.54) is 0 Å². The minimum absolute atomic E-state index is 0.0596. The van der Waals surface area contributed by atoms with Gasteiger partial charge in [0.1, 0.15) is 0 Å². The van der Waals surface area contributed by atoms with Crippen molar-refractivity contribution in [2.45, 2.75) is 37.8 Å². The average Bonchev–Trinajstić information content (AvgIpc) is 2.85. The number of carbonyl (C=O) groups is 1. The van der Waals surface area contributed by atoms with Crippen LogP contribution in [0, 0.1) is 0 Å². The fraction of sp³-hybridized carbons (Fsp3) is 0.400. The Kier molecular flexibility index (Phi) is 3.25. The molecule has 4 heteroatoms. The second-order valence-electron chi connectivity index (χ2n) is 5.27. The van der Waals surface area contributed by atoms with Gasteiger partial charge in [-0.1, -0.05) is 6.07 Å². The molecule has 0 radical (unpaired) electrons. The van der Waals surface area contributed by atoms with Gasteiger partial charge in [0, 0.05) is 23.3 Å². The first-order valence-corrected chi connectivity index (χ1v) is 6.78. The Morgan fingerprint density at radius 3 is 3.05 bits per heavy atom. The lowest BCUT2D eigenvalue weighted by molar-refractivity contribution is 0.0850. The van der Waals surface area contributed by atoms with Gasteiger partial charge in [-0.25, -0.2) is 0 Å². The van der Waals surface area contributed by atoms with Gasteiger partial charge in [-0.3, -0.25) is 4.79 Å². The summed E-state index contributed by atoms with van der Waals surface area (Å²) >= 11 is 0. The molecule has 0 bridgehead atoms. The van der Waals surface area contributed by atoms with Crippen molar-refractivity contribution in [2.75, 3.05) is 0 Å². The van der Waals surface area contributed by atoms with Crippen LogP contribution in [0.5, 0.6) is 0 Å². The van der Waals surface area contributed by atoms with Crippen LogP contribution in [-0.4, -0.2) is 28.1 Å². The van der Waals surface area contributed by atoms with Gasteiger partial charge in [0.05, 0.1) is 6.10 Å². The number of nitrogens with one attached hydrogen (secondary N) is 2. The van der Waals surface area contributed by atoms with Gasteiger partial charge >= 0.3 is 0 Å². The number of amides is 1. The summed E-state index contributed by atoms with van der Waals surface area (Å²) < 4.78 is 0. The summed E-state index contributed by atoms with van der Waals surface area (Å²) in [6.07, 6.45) is 5.03. The van der Waals surface area contributed by atoms with E-state index in [1.807, 2.05) is 30.5 Å². The van der Waals surface area contributed by atoms with Crippen molar-refractivity contribution in [1.82, 2.24) is 10.3 Å². The number of fused-ring (bicyclic) bond motifs is 1. The molecule has 1 saturated carbocycles. The van der Waals surface area contributed by atoms with E-state index in [1.54, 1.807) is 0 Å². The molecular formula is C15H18N2O2. The molecule has 2 aromatic rings. The summed E-state index contributed by atoms with van der Waals surface area (Å²) in [5.74, 6) is -0.0596. The molecule has 1 aliphatic carbocycles. The summed E-state index contributed by atoms with van der Waals surface area (Å²) in [4.78, 5) is 15.3. The number of aliphatic hydroxyl groups is 1. The third-order valence-corrected chi connectivity index (χ3v) is 3.80. The molecule has 0 spiro atoms. The minimum Gasteiger partial charge on any atom is -0.393 e. The molecular weight excluding hydrogens is 240 g/mol. The number of carbonyl (C=O) groups excluding carboxylic acids is 1. The zero-order valence-electron chi connectivity index (χ0n) is 10.7. The van der Waals surface area contributed by atoms with Crippen LogP contribution in [-0.2, 0) is 0 Å². The Morgan fingerprint density at radius 1 is 1.32 bits per heavy atom. The molecule has 0 aliphatic heterocycles. The number of aromatic amines is 1. The Bertz CT molecular complexity index is 591. The monoisotopic (exact) mass is 258 g/mol. The Morgan fingerprint density at radius 2 is 2.21 bits per heavy atom. The second kappa shape index (κ2) is 5.05. The smallest absolute Gasteiger partial charge is 0.251 e. The molecule has 1 heterocycles. The lowest BCUT2D eigenvalue weighted by atomic mass is 9.93. The minimum atomic E-state index is -0.273. The molecule has 1 amide bonds.